The number of nitrogens with zero attached hydrogens (tertiary/aromatic N) is 4. The van der Waals surface area contributed by atoms with Crippen molar-refractivity contribution in [3.05, 3.63) is 78.0 Å². The number of likely N-dealkylation sites (N-methyl/N-ethyl adjacent to an activating group) is 1. The molecule has 2 amide bonds. The van der Waals surface area contributed by atoms with Crippen LogP contribution in [0.15, 0.2) is 66.6 Å². The fraction of sp³-hybridized carbons (Fsp3) is 0.438. The summed E-state index contributed by atoms with van der Waals surface area (Å²) in [6.45, 7) is 5.89. The largest absolute Gasteiger partial charge is 0.415 e. The van der Waals surface area contributed by atoms with E-state index in [1.54, 1.807) is 23.2 Å². The van der Waals surface area contributed by atoms with E-state index in [1.165, 1.54) is 37.3 Å². The van der Waals surface area contributed by atoms with Crippen LogP contribution >= 0.6 is 0 Å². The molecule has 1 aliphatic carbocycles. The van der Waals surface area contributed by atoms with Crippen molar-refractivity contribution in [2.75, 3.05) is 37.6 Å². The first kappa shape index (κ1) is 29.4. The van der Waals surface area contributed by atoms with Gasteiger partial charge in [0, 0.05) is 56.3 Å². The van der Waals surface area contributed by atoms with Crippen molar-refractivity contribution in [2.45, 2.75) is 39.2 Å². The van der Waals surface area contributed by atoms with Crippen molar-refractivity contribution in [2.24, 2.45) is 17.8 Å². The zero-order valence-electron chi connectivity index (χ0n) is 23.9. The number of anilines is 1. The van der Waals surface area contributed by atoms with Gasteiger partial charge in [0.15, 0.2) is 5.78 Å². The number of rotatable bonds is 7. The van der Waals surface area contributed by atoms with E-state index in [2.05, 4.69) is 9.88 Å². The van der Waals surface area contributed by atoms with E-state index in [1.807, 2.05) is 24.0 Å². The van der Waals surface area contributed by atoms with Crippen LogP contribution in [0.3, 0.4) is 0 Å². The van der Waals surface area contributed by atoms with E-state index in [4.69, 9.17) is 4.74 Å². The average molecular weight is 579 g/mol. The SMILES string of the molecule is CCN(C(=O)Oc1ccc(F)cc1)[C@@H]1CN(C(=O)C2CCN(c3ccc(C(C)=O)cn3)CC2)C[C@H]1C1C=CC(F)=CC1. The Kier molecular flexibility index (Phi) is 8.99. The molecule has 0 saturated carbocycles. The van der Waals surface area contributed by atoms with Gasteiger partial charge in [-0.05, 0) is 87.6 Å². The summed E-state index contributed by atoms with van der Waals surface area (Å²) in [4.78, 5) is 48.7. The molecule has 2 aliphatic heterocycles. The third-order valence-corrected chi connectivity index (χ3v) is 8.60. The molecule has 1 unspecified atom stereocenters. The molecule has 5 rings (SSSR count). The fourth-order valence-electron chi connectivity index (χ4n) is 6.23. The van der Waals surface area contributed by atoms with Crippen molar-refractivity contribution >= 4 is 23.6 Å². The summed E-state index contributed by atoms with van der Waals surface area (Å²) in [6.07, 6.45) is 7.69. The van der Waals surface area contributed by atoms with Gasteiger partial charge in [0.25, 0.3) is 0 Å². The summed E-state index contributed by atoms with van der Waals surface area (Å²) in [7, 11) is 0. The summed E-state index contributed by atoms with van der Waals surface area (Å²) in [5, 5.41) is 0. The van der Waals surface area contributed by atoms with Crippen LogP contribution in [0.25, 0.3) is 0 Å². The van der Waals surface area contributed by atoms with Crippen LogP contribution in [0.1, 0.15) is 43.5 Å². The third kappa shape index (κ3) is 6.53. The normalized spacial score (nSPS) is 22.6. The van der Waals surface area contributed by atoms with Crippen molar-refractivity contribution in [1.82, 2.24) is 14.8 Å². The first-order chi connectivity index (χ1) is 20.2. The highest BCUT2D eigenvalue weighted by molar-refractivity contribution is 5.93. The number of hydrogen-bond acceptors (Lipinski definition) is 6. The number of allylic oxidation sites excluding steroid dienone is 4. The summed E-state index contributed by atoms with van der Waals surface area (Å²) >= 11 is 0. The lowest BCUT2D eigenvalue weighted by Crippen LogP contribution is -2.48. The second-order valence-corrected chi connectivity index (χ2v) is 11.2. The lowest BCUT2D eigenvalue weighted by molar-refractivity contribution is -0.135. The van der Waals surface area contributed by atoms with Gasteiger partial charge in [0.2, 0.25) is 5.91 Å². The summed E-state index contributed by atoms with van der Waals surface area (Å²) in [6, 6.07) is 8.56. The summed E-state index contributed by atoms with van der Waals surface area (Å²) < 4.78 is 32.7. The Morgan fingerprint density at radius 2 is 1.79 bits per heavy atom. The van der Waals surface area contributed by atoms with E-state index in [-0.39, 0.29) is 47.1 Å². The molecule has 42 heavy (non-hydrogen) atoms. The van der Waals surface area contributed by atoms with Gasteiger partial charge >= 0.3 is 6.09 Å². The number of piperidine rings is 1. The number of likely N-dealkylation sites (tertiary alicyclic amines) is 1. The second-order valence-electron chi connectivity index (χ2n) is 11.2. The van der Waals surface area contributed by atoms with Gasteiger partial charge in [-0.3, -0.25) is 9.59 Å². The number of halogens is 2. The van der Waals surface area contributed by atoms with Crippen LogP contribution < -0.4 is 9.64 Å². The lowest BCUT2D eigenvalue weighted by atomic mass is 9.83. The van der Waals surface area contributed by atoms with E-state index in [0.29, 0.717) is 57.5 Å². The maximum atomic E-state index is 13.8. The molecule has 10 heteroatoms. The molecule has 8 nitrogen and oxygen atoms in total. The Morgan fingerprint density at radius 1 is 1.05 bits per heavy atom. The molecule has 3 aliphatic rings. The minimum atomic E-state index is -0.563. The summed E-state index contributed by atoms with van der Waals surface area (Å²) in [5.74, 6) is 0.0561. The number of carbonyl (C=O) groups is 3. The highest BCUT2D eigenvalue weighted by Crippen LogP contribution is 2.36. The number of ether oxygens (including phenoxy) is 1. The summed E-state index contributed by atoms with van der Waals surface area (Å²) in [5.41, 5.74) is 0.565. The minimum absolute atomic E-state index is 0.0317. The van der Waals surface area contributed by atoms with Crippen molar-refractivity contribution in [1.29, 1.82) is 0 Å². The van der Waals surface area contributed by atoms with Crippen molar-refractivity contribution in [3.8, 4) is 5.75 Å². The standard InChI is InChI=1S/C32H36F2N4O4/c1-3-38(32(41)42-27-11-9-26(34)10-12-27)29-20-37(19-28(29)22-4-7-25(33)8-5-22)31(40)23-14-16-36(17-15-23)30-13-6-24(18-35-30)21(2)39/h4,6-13,18,22-23,28-29H,3,5,14-17,19-20H2,1-2H3/t22?,28-,29+/m0/s1. The van der Waals surface area contributed by atoms with E-state index < -0.39 is 11.9 Å². The van der Waals surface area contributed by atoms with Crippen molar-refractivity contribution < 1.29 is 27.9 Å². The molecule has 0 spiro atoms. The Morgan fingerprint density at radius 3 is 2.38 bits per heavy atom. The van der Waals surface area contributed by atoms with Gasteiger partial charge in [-0.15, -0.1) is 0 Å². The van der Waals surface area contributed by atoms with Crippen LogP contribution in [-0.4, -0.2) is 71.3 Å². The molecule has 3 heterocycles. The Bertz CT molecular complexity index is 1350. The predicted molar refractivity (Wildman–Crippen MR) is 154 cm³/mol. The fourth-order valence-corrected chi connectivity index (χ4v) is 6.23. The number of ketones is 1. The Hall–Kier alpha value is -4.08. The molecular weight excluding hydrogens is 542 g/mol. The van der Waals surface area contributed by atoms with Crippen LogP contribution in [-0.2, 0) is 4.79 Å². The molecule has 3 atom stereocenters. The van der Waals surface area contributed by atoms with Crippen molar-refractivity contribution in [3.63, 3.8) is 0 Å². The van der Waals surface area contributed by atoms with E-state index in [0.717, 1.165) is 5.82 Å². The number of amides is 2. The molecular formula is C32H36F2N4O4. The molecule has 0 bridgehead atoms. The monoisotopic (exact) mass is 578 g/mol. The molecule has 2 aromatic rings. The topological polar surface area (TPSA) is 83.0 Å². The maximum Gasteiger partial charge on any atom is 0.415 e. The van der Waals surface area contributed by atoms with Gasteiger partial charge in [-0.1, -0.05) is 6.08 Å². The van der Waals surface area contributed by atoms with Gasteiger partial charge in [-0.25, -0.2) is 18.6 Å². The van der Waals surface area contributed by atoms with Crippen LogP contribution in [0.2, 0.25) is 0 Å². The van der Waals surface area contributed by atoms with Crippen LogP contribution in [0, 0.1) is 23.6 Å². The molecule has 0 radical (unpaired) electrons. The number of benzene rings is 1. The highest BCUT2D eigenvalue weighted by Gasteiger charge is 2.45. The highest BCUT2D eigenvalue weighted by atomic mass is 19.1. The molecule has 2 saturated heterocycles. The van der Waals surface area contributed by atoms with Crippen LogP contribution in [0.4, 0.5) is 19.4 Å². The zero-order valence-corrected chi connectivity index (χ0v) is 23.9. The second kappa shape index (κ2) is 12.8. The number of pyridine rings is 1. The molecule has 1 aromatic carbocycles. The predicted octanol–water partition coefficient (Wildman–Crippen LogP) is 5.42. The van der Waals surface area contributed by atoms with Gasteiger partial charge < -0.3 is 19.4 Å². The maximum absolute atomic E-state index is 13.8. The Balaban J connectivity index is 1.27. The molecule has 2 fully saturated rings. The lowest BCUT2D eigenvalue weighted by Gasteiger charge is -2.34. The molecule has 1 aromatic heterocycles. The van der Waals surface area contributed by atoms with E-state index >= 15 is 0 Å². The first-order valence-electron chi connectivity index (χ1n) is 14.5. The number of hydrogen-bond donors (Lipinski definition) is 0. The quantitative estimate of drug-likeness (QED) is 0.409. The zero-order chi connectivity index (χ0) is 29.8. The number of carbonyl (C=O) groups excluding carboxylic acids is 3. The smallest absolute Gasteiger partial charge is 0.410 e. The molecule has 0 N–H and O–H groups in total. The third-order valence-electron chi connectivity index (χ3n) is 8.60. The first-order valence-corrected chi connectivity index (χ1v) is 14.5. The molecule has 222 valence electrons. The van der Waals surface area contributed by atoms with Gasteiger partial charge in [-0.2, -0.15) is 0 Å². The van der Waals surface area contributed by atoms with Gasteiger partial charge in [0.1, 0.15) is 23.2 Å². The number of Topliss-reactive ketones (excluding diaryl/α,β-unsaturated/α-hetero) is 1. The Labute approximate surface area is 244 Å². The number of aromatic nitrogens is 1. The van der Waals surface area contributed by atoms with Crippen LogP contribution in [0.5, 0.6) is 5.75 Å². The minimum Gasteiger partial charge on any atom is -0.410 e. The van der Waals surface area contributed by atoms with E-state index in [9.17, 15) is 23.2 Å². The average Bonchev–Trinajstić information content (AvgIpc) is 3.44. The van der Waals surface area contributed by atoms with Gasteiger partial charge in [0.05, 0.1) is 6.04 Å².